The maximum Gasteiger partial charge on any atom is 0.326 e. The van der Waals surface area contributed by atoms with Crippen LogP contribution < -0.4 is 14.5 Å². The number of hydrogen-bond donors (Lipinski definition) is 1. The number of carbonyl (C=O) groups excluding carboxylic acids is 3. The van der Waals surface area contributed by atoms with Crippen LogP contribution in [0, 0.1) is 0 Å². The van der Waals surface area contributed by atoms with Crippen molar-refractivity contribution < 1.29 is 36.8 Å². The van der Waals surface area contributed by atoms with E-state index in [1.807, 2.05) is 23.1 Å². The minimum Gasteiger partial charge on any atom is -0.456 e. The SMILES string of the molecule is CC(=O)COC(=O)CN1C(=S)N(c2ccccc2)C(=O)C1=CC=C1Oc2ccccc2N1CCCCS(=O)(=O)O. The molecule has 0 aliphatic carbocycles. The molecule has 2 aliphatic rings. The Labute approximate surface area is 237 Å². The lowest BCUT2D eigenvalue weighted by Crippen LogP contribution is -2.36. The number of para-hydroxylation sites is 3. The van der Waals surface area contributed by atoms with Crippen molar-refractivity contribution in [2.75, 3.05) is 35.2 Å². The molecule has 1 fully saturated rings. The maximum absolute atomic E-state index is 13.5. The number of Topliss-reactive ketones (excluding diaryl/α,β-unsaturated/α-hetero) is 1. The number of carbonyl (C=O) groups is 3. The van der Waals surface area contributed by atoms with E-state index >= 15 is 0 Å². The van der Waals surface area contributed by atoms with Crippen LogP contribution in [0.2, 0.25) is 0 Å². The first-order valence-corrected chi connectivity index (χ1v) is 14.3. The van der Waals surface area contributed by atoms with Crippen molar-refractivity contribution in [2.45, 2.75) is 19.8 Å². The van der Waals surface area contributed by atoms with Gasteiger partial charge in [-0.3, -0.25) is 23.8 Å². The summed E-state index contributed by atoms with van der Waals surface area (Å²) >= 11 is 5.57. The molecule has 1 saturated heterocycles. The highest BCUT2D eigenvalue weighted by Crippen LogP contribution is 2.39. The van der Waals surface area contributed by atoms with Crippen LogP contribution in [0.15, 0.2) is 78.3 Å². The minimum atomic E-state index is -4.07. The molecule has 0 aromatic heterocycles. The molecule has 40 heavy (non-hydrogen) atoms. The maximum atomic E-state index is 13.5. The Balaban J connectivity index is 1.63. The molecule has 13 heteroatoms. The van der Waals surface area contributed by atoms with E-state index in [9.17, 15) is 22.8 Å². The van der Waals surface area contributed by atoms with Crippen molar-refractivity contribution in [1.82, 2.24) is 4.90 Å². The van der Waals surface area contributed by atoms with E-state index < -0.39 is 35.1 Å². The summed E-state index contributed by atoms with van der Waals surface area (Å²) in [7, 11) is -4.07. The highest BCUT2D eigenvalue weighted by atomic mass is 32.2. The number of unbranched alkanes of at least 4 members (excludes halogenated alkanes) is 1. The molecule has 0 atom stereocenters. The van der Waals surface area contributed by atoms with Crippen molar-refractivity contribution in [3.05, 3.63) is 78.3 Å². The second-order valence-corrected chi connectivity index (χ2v) is 10.9. The van der Waals surface area contributed by atoms with Gasteiger partial charge < -0.3 is 19.3 Å². The zero-order valence-electron chi connectivity index (χ0n) is 21.6. The molecule has 1 N–H and O–H groups in total. The number of fused-ring (bicyclic) bond motifs is 1. The second kappa shape index (κ2) is 12.4. The Morgan fingerprint density at radius 3 is 2.42 bits per heavy atom. The number of benzene rings is 2. The molecule has 11 nitrogen and oxygen atoms in total. The Hall–Kier alpha value is -4.07. The number of thiocarbonyl (C=S) groups is 1. The van der Waals surface area contributed by atoms with Crippen LogP contribution >= 0.6 is 12.2 Å². The van der Waals surface area contributed by atoms with Crippen molar-refractivity contribution in [3.63, 3.8) is 0 Å². The van der Waals surface area contributed by atoms with E-state index in [1.54, 1.807) is 42.5 Å². The number of esters is 1. The Morgan fingerprint density at radius 2 is 1.73 bits per heavy atom. The van der Waals surface area contributed by atoms with Gasteiger partial charge >= 0.3 is 5.97 Å². The molecule has 4 rings (SSSR count). The third-order valence-electron chi connectivity index (χ3n) is 5.93. The minimum absolute atomic E-state index is 0.0679. The van der Waals surface area contributed by atoms with Gasteiger partial charge in [-0.2, -0.15) is 8.42 Å². The summed E-state index contributed by atoms with van der Waals surface area (Å²) in [5.41, 5.74) is 1.36. The highest BCUT2D eigenvalue weighted by molar-refractivity contribution is 7.85. The van der Waals surface area contributed by atoms with Gasteiger partial charge in [0.25, 0.3) is 16.0 Å². The predicted octanol–water partition coefficient (Wildman–Crippen LogP) is 3.04. The number of hydrogen-bond acceptors (Lipinski definition) is 9. The second-order valence-electron chi connectivity index (χ2n) is 8.98. The van der Waals surface area contributed by atoms with Crippen molar-refractivity contribution in [1.29, 1.82) is 0 Å². The van der Waals surface area contributed by atoms with Gasteiger partial charge in [-0.25, -0.2) is 0 Å². The van der Waals surface area contributed by atoms with E-state index in [0.29, 0.717) is 30.3 Å². The van der Waals surface area contributed by atoms with Gasteiger partial charge in [0.1, 0.15) is 18.8 Å². The van der Waals surface area contributed by atoms with E-state index in [0.717, 1.165) is 5.69 Å². The first-order valence-electron chi connectivity index (χ1n) is 12.3. The van der Waals surface area contributed by atoms with Crippen molar-refractivity contribution in [2.24, 2.45) is 0 Å². The average molecular weight is 586 g/mol. The topological polar surface area (TPSA) is 134 Å². The summed E-state index contributed by atoms with van der Waals surface area (Å²) in [5, 5.41) is 0.0679. The highest BCUT2D eigenvalue weighted by Gasteiger charge is 2.40. The fourth-order valence-electron chi connectivity index (χ4n) is 4.13. The van der Waals surface area contributed by atoms with Crippen molar-refractivity contribution in [3.8, 4) is 5.75 Å². The number of ether oxygens (including phenoxy) is 2. The lowest BCUT2D eigenvalue weighted by Gasteiger charge is -2.19. The average Bonchev–Trinajstić information content (AvgIpc) is 3.37. The fraction of sp³-hybridized carbons (Fsp3) is 0.259. The van der Waals surface area contributed by atoms with Crippen molar-refractivity contribution >= 4 is 56.5 Å². The first-order chi connectivity index (χ1) is 19.0. The fourth-order valence-corrected chi connectivity index (χ4v) is 5.05. The third-order valence-corrected chi connectivity index (χ3v) is 7.14. The van der Waals surface area contributed by atoms with Gasteiger partial charge in [-0.05, 0) is 62.3 Å². The van der Waals surface area contributed by atoms with Crippen LogP contribution in [0.1, 0.15) is 19.8 Å². The third kappa shape index (κ3) is 6.92. The standard InChI is InChI=1S/C27H27N3O8S2/c1-19(31)18-37-25(32)17-29-22(26(33)30(27(29)39)20-9-3-2-4-10-20)13-14-24-28(15-7-8-16-40(34,35)36)21-11-5-6-12-23(21)38-24/h2-6,9-14H,7-8,15-18H2,1H3,(H,34,35,36). The van der Waals surface area contributed by atoms with Crippen LogP contribution in [-0.2, 0) is 29.2 Å². The molecule has 2 aromatic rings. The van der Waals surface area contributed by atoms with Crippen LogP contribution in [0.5, 0.6) is 5.75 Å². The molecule has 2 aliphatic heterocycles. The quantitative estimate of drug-likeness (QED) is 0.137. The molecule has 0 saturated carbocycles. The number of ketones is 1. The van der Waals surface area contributed by atoms with Gasteiger partial charge in [-0.1, -0.05) is 30.3 Å². The molecular weight excluding hydrogens is 558 g/mol. The molecule has 0 radical (unpaired) electrons. The summed E-state index contributed by atoms with van der Waals surface area (Å²) < 4.78 is 42.2. The largest absolute Gasteiger partial charge is 0.456 e. The normalized spacial score (nSPS) is 17.0. The Morgan fingerprint density at radius 1 is 1.02 bits per heavy atom. The lowest BCUT2D eigenvalue weighted by molar-refractivity contribution is -0.147. The van der Waals surface area contributed by atoms with Crippen LogP contribution in [0.4, 0.5) is 11.4 Å². The van der Waals surface area contributed by atoms with E-state index in [-0.39, 0.29) is 28.8 Å². The number of rotatable bonds is 11. The zero-order chi connectivity index (χ0) is 28.9. The predicted molar refractivity (Wildman–Crippen MR) is 151 cm³/mol. The summed E-state index contributed by atoms with van der Waals surface area (Å²) in [6.45, 7) is 0.888. The summed E-state index contributed by atoms with van der Waals surface area (Å²) in [4.78, 5) is 41.7. The number of allylic oxidation sites excluding steroid dienone is 2. The van der Waals surface area contributed by atoms with Gasteiger partial charge in [0, 0.05) is 12.6 Å². The van der Waals surface area contributed by atoms with E-state index in [2.05, 4.69) is 0 Å². The van der Waals surface area contributed by atoms with E-state index in [1.165, 1.54) is 22.8 Å². The number of amides is 1. The smallest absolute Gasteiger partial charge is 0.326 e. The monoisotopic (exact) mass is 585 g/mol. The molecule has 2 heterocycles. The van der Waals surface area contributed by atoms with Gasteiger partial charge in [0.2, 0.25) is 5.88 Å². The summed E-state index contributed by atoms with van der Waals surface area (Å²) in [6.07, 6.45) is 3.73. The number of anilines is 2. The van der Waals surface area contributed by atoms with Crippen LogP contribution in [0.3, 0.4) is 0 Å². The molecule has 0 unspecified atom stereocenters. The Bertz CT molecular complexity index is 1490. The number of nitrogens with zero attached hydrogens (tertiary/aromatic N) is 3. The molecule has 0 bridgehead atoms. The summed E-state index contributed by atoms with van der Waals surface area (Å²) in [5.74, 6) is -0.939. The Kier molecular flexibility index (Phi) is 8.97. The van der Waals surface area contributed by atoms with Gasteiger partial charge in [-0.15, -0.1) is 0 Å². The first kappa shape index (κ1) is 28.9. The molecule has 2 aromatic carbocycles. The lowest BCUT2D eigenvalue weighted by atomic mass is 10.2. The van der Waals surface area contributed by atoms with Gasteiger partial charge in [0.05, 0.1) is 17.1 Å². The van der Waals surface area contributed by atoms with Crippen LogP contribution in [0.25, 0.3) is 0 Å². The molecular formula is C27H27N3O8S2. The molecule has 1 amide bonds. The molecule has 0 spiro atoms. The zero-order valence-corrected chi connectivity index (χ0v) is 23.2. The summed E-state index contributed by atoms with van der Waals surface area (Å²) in [6, 6.07) is 16.0. The van der Waals surface area contributed by atoms with Gasteiger partial charge in [0.15, 0.2) is 16.6 Å². The van der Waals surface area contributed by atoms with Crippen LogP contribution in [-0.4, -0.2) is 66.1 Å². The molecule has 210 valence electrons. The van der Waals surface area contributed by atoms with E-state index in [4.69, 9.17) is 26.2 Å².